The van der Waals surface area contributed by atoms with E-state index in [9.17, 15) is 24.3 Å². The van der Waals surface area contributed by atoms with Gasteiger partial charge < -0.3 is 48.3 Å². The number of aromatic nitrogens is 10. The zero-order valence-corrected chi connectivity index (χ0v) is 54.8. The van der Waals surface area contributed by atoms with E-state index in [0.717, 1.165) is 58.1 Å². The van der Waals surface area contributed by atoms with E-state index in [1.165, 1.54) is 50.8 Å². The number of piperazine rings is 1. The van der Waals surface area contributed by atoms with Crippen molar-refractivity contribution in [1.82, 2.24) is 64.6 Å². The van der Waals surface area contributed by atoms with Crippen LogP contribution in [0.3, 0.4) is 0 Å². The van der Waals surface area contributed by atoms with Gasteiger partial charge in [0.2, 0.25) is 17.6 Å². The Labute approximate surface area is 558 Å². The first-order valence-corrected chi connectivity index (χ1v) is 32.8. The Bertz CT molecular complexity index is 3810. The zero-order valence-electron chi connectivity index (χ0n) is 47.9. The molecular weight excluding hydrogens is 1350 g/mol. The lowest BCUT2D eigenvalue weighted by molar-refractivity contribution is -0.189. The highest BCUT2D eigenvalue weighted by molar-refractivity contribution is 8.01. The molecule has 0 radical (unpaired) electrons. The second-order valence-electron chi connectivity index (χ2n) is 20.5. The van der Waals surface area contributed by atoms with E-state index in [1.807, 2.05) is 75.8 Å². The summed E-state index contributed by atoms with van der Waals surface area (Å²) in [5.74, 6) is -1.39. The lowest BCUT2D eigenvalue weighted by Gasteiger charge is -2.49. The molecule has 0 aliphatic carbocycles. The smallest absolute Gasteiger partial charge is 0.352 e. The average molecular weight is 1400 g/mol. The number of amides is 3. The Balaban J connectivity index is 0.000000151. The third-order valence-corrected chi connectivity index (χ3v) is 19.4. The molecule has 4 aromatic heterocycles. The molecule has 0 bridgehead atoms. The highest BCUT2D eigenvalue weighted by atomic mass is 35.5. The maximum absolute atomic E-state index is 12.6. The van der Waals surface area contributed by atoms with Gasteiger partial charge >= 0.3 is 5.97 Å². The second kappa shape index (κ2) is 30.7. The number of aliphatic carboxylic acids is 1. The number of aryl methyl sites for hydroxylation is 1. The summed E-state index contributed by atoms with van der Waals surface area (Å²) in [6.45, 7) is 8.41. The summed E-state index contributed by atoms with van der Waals surface area (Å²) in [7, 11) is 0. The van der Waals surface area contributed by atoms with Crippen LogP contribution in [0.2, 0.25) is 30.1 Å². The Hall–Kier alpha value is -6.53. The van der Waals surface area contributed by atoms with Crippen LogP contribution in [-0.4, -0.2) is 157 Å². The predicted octanol–water partition coefficient (Wildman–Crippen LogP) is 10.0. The lowest BCUT2D eigenvalue weighted by Crippen LogP contribution is -2.70. The maximum Gasteiger partial charge on any atom is 0.352 e. The molecule has 2 N–H and O–H groups in total. The summed E-state index contributed by atoms with van der Waals surface area (Å²) < 4.78 is 30.6. The molecule has 472 valence electrons. The fraction of sp³-hybridized carbons (Fsp3) is 0.328. The van der Waals surface area contributed by atoms with Gasteiger partial charge in [-0.3, -0.25) is 19.3 Å². The molecule has 8 aromatic rings. The number of carbonyl (C=O) groups excluding carboxylic acids is 3. The number of nitrogens with one attached hydrogen (secondary N) is 1. The average Bonchev–Trinajstić information content (AvgIpc) is 0.855. The molecule has 3 fully saturated rings. The SMILES string of the molecule is CC(=O)N1CCN(c2ccc(OC[C@H]3CO[C@](Cn4ccnc4)(c4ccc(Cl)cc4Cl)O3)cc2)CC1.Cc1nnc(SCC2=C(C(=O)O)N3C(=O)[C@@H](NC(=O)Cn4cnnn4)[C@H]3SC2)s1.Clc1ccc(COC(Cn2ccnc2)c2ccc(Cl)cc2Cl)c(Cl)c1. The molecule has 8 heterocycles. The first-order chi connectivity index (χ1) is 43.4. The van der Waals surface area contributed by atoms with E-state index in [0.29, 0.717) is 85.7 Å². The van der Waals surface area contributed by atoms with Crippen molar-refractivity contribution in [2.45, 2.75) is 73.8 Å². The van der Waals surface area contributed by atoms with Crippen molar-refractivity contribution in [2.24, 2.45) is 0 Å². The van der Waals surface area contributed by atoms with Gasteiger partial charge in [0.1, 0.15) is 59.6 Å². The van der Waals surface area contributed by atoms with E-state index in [-0.39, 0.29) is 30.4 Å². The van der Waals surface area contributed by atoms with Crippen LogP contribution in [0.4, 0.5) is 5.69 Å². The molecule has 5 atom stereocenters. The molecule has 0 spiro atoms. The van der Waals surface area contributed by atoms with Crippen molar-refractivity contribution >= 4 is 134 Å². The second-order valence-corrected chi connectivity index (χ2v) is 26.6. The number of tetrazole rings is 1. The standard InChI is InChI=1S/C26H28Cl2N4O4.C18H14Cl4N2O.C14H14N8O4S3/c1-19(33)31-10-12-32(13-11-31)21-3-5-22(6-4-21)34-15-23-16-35-26(36-23,17-30-9-8-29-18-30)24-7-2-20(27)14-25(24)28;19-13-2-1-12(16(21)7-13)10-25-18(9-24-6-5-23-11-24)15-4-3-14(20)8-17(15)22;1-6-17-18-14(29-6)28-4-7-3-27-12-9(11(24)22(12)10(7)13(25)26)16-8(23)2-21-5-15-19-20-21/h2-9,14,18,23H,10-13,15-17H2,1H3;1-8,11,18H,9-10H2;5,9,12H,2-4H2,1H3,(H,16,23)(H,25,26)/t23-,26-;;9-,12-/m0.1/s1. The lowest BCUT2D eigenvalue weighted by atomic mass is 10.0. The van der Waals surface area contributed by atoms with Gasteiger partial charge in [-0.1, -0.05) is 111 Å². The number of nitrogens with zero attached hydrogens (tertiary/aromatic N) is 13. The first kappa shape index (κ1) is 66.4. The van der Waals surface area contributed by atoms with Gasteiger partial charge in [0.15, 0.2) is 4.34 Å². The van der Waals surface area contributed by atoms with E-state index in [2.05, 4.69) is 45.9 Å². The summed E-state index contributed by atoms with van der Waals surface area (Å²) in [5.41, 5.74) is 4.15. The topological polar surface area (TPSA) is 252 Å². The Kier molecular flexibility index (Phi) is 22.7. The molecule has 90 heavy (non-hydrogen) atoms. The van der Waals surface area contributed by atoms with Gasteiger partial charge in [-0.2, -0.15) is 0 Å². The minimum atomic E-state index is -1.16. The number of hydrogen-bond acceptors (Lipinski definition) is 19. The van der Waals surface area contributed by atoms with Crippen LogP contribution >= 0.6 is 104 Å². The van der Waals surface area contributed by atoms with Crippen LogP contribution in [0.25, 0.3) is 0 Å². The predicted molar refractivity (Wildman–Crippen MR) is 343 cm³/mol. The van der Waals surface area contributed by atoms with Crippen molar-refractivity contribution < 1.29 is 43.2 Å². The van der Waals surface area contributed by atoms with Gasteiger partial charge in [0.25, 0.3) is 5.91 Å². The van der Waals surface area contributed by atoms with Gasteiger partial charge in [0.05, 0.1) is 44.0 Å². The minimum absolute atomic E-state index is 0.0153. The van der Waals surface area contributed by atoms with Crippen LogP contribution in [0.1, 0.15) is 34.7 Å². The number of benzene rings is 4. The molecule has 3 amide bonds. The molecular formula is C58H56Cl6N14O9S3. The number of anilines is 1. The highest BCUT2D eigenvalue weighted by Gasteiger charge is 2.54. The number of rotatable bonds is 20. The van der Waals surface area contributed by atoms with Crippen molar-refractivity contribution in [3.8, 4) is 5.75 Å². The molecule has 4 aliphatic rings. The number of ether oxygens (including phenoxy) is 4. The first-order valence-electron chi connectivity index (χ1n) is 27.6. The fourth-order valence-corrected chi connectivity index (χ4v) is 14.8. The number of carbonyl (C=O) groups is 4. The Morgan fingerprint density at radius 2 is 1.56 bits per heavy atom. The molecule has 23 nitrogen and oxygen atoms in total. The number of carboxylic acids is 1. The highest BCUT2D eigenvalue weighted by Crippen LogP contribution is 2.43. The van der Waals surface area contributed by atoms with E-state index < -0.39 is 35.0 Å². The molecule has 1 unspecified atom stereocenters. The van der Waals surface area contributed by atoms with E-state index in [4.69, 9.17) is 88.6 Å². The number of carboxylic acid groups (broad SMARTS) is 1. The van der Waals surface area contributed by atoms with E-state index >= 15 is 0 Å². The third kappa shape index (κ3) is 16.9. The van der Waals surface area contributed by atoms with Gasteiger partial charge in [0, 0.05) is 111 Å². The van der Waals surface area contributed by atoms with Crippen LogP contribution in [0.5, 0.6) is 5.75 Å². The summed E-state index contributed by atoms with van der Waals surface area (Å²) in [6, 6.07) is 23.2. The van der Waals surface area contributed by atoms with Crippen LogP contribution in [0.15, 0.2) is 138 Å². The van der Waals surface area contributed by atoms with Crippen molar-refractivity contribution in [1.29, 1.82) is 0 Å². The maximum atomic E-state index is 12.6. The molecule has 0 saturated carbocycles. The summed E-state index contributed by atoms with van der Waals surface area (Å²) in [6.07, 6.45) is 11.3. The molecule has 4 aliphatic heterocycles. The number of fused-ring (bicyclic) bond motifs is 1. The van der Waals surface area contributed by atoms with Crippen LogP contribution in [-0.2, 0) is 65.4 Å². The summed E-state index contributed by atoms with van der Waals surface area (Å²) in [4.78, 5) is 61.7. The van der Waals surface area contributed by atoms with E-state index in [1.54, 1.807) is 68.4 Å². The number of imidazole rings is 2. The van der Waals surface area contributed by atoms with Crippen molar-refractivity contribution in [2.75, 3.05) is 55.8 Å². The summed E-state index contributed by atoms with van der Waals surface area (Å²) >= 11 is 41.4. The van der Waals surface area contributed by atoms with Gasteiger partial charge in [-0.05, 0) is 89.2 Å². The van der Waals surface area contributed by atoms with Crippen LogP contribution < -0.4 is 15.0 Å². The normalized spacial score (nSPS) is 19.0. The largest absolute Gasteiger partial charge is 0.491 e. The minimum Gasteiger partial charge on any atom is -0.491 e. The summed E-state index contributed by atoms with van der Waals surface area (Å²) in [5, 5.41) is 34.4. The van der Waals surface area contributed by atoms with Gasteiger partial charge in [-0.15, -0.1) is 27.1 Å². The number of halogens is 6. The van der Waals surface area contributed by atoms with Gasteiger partial charge in [-0.25, -0.2) is 19.4 Å². The Morgan fingerprint density at radius 1 is 0.856 bits per heavy atom. The molecule has 12 rings (SSSR count). The quantitative estimate of drug-likeness (QED) is 0.0531. The number of hydrogen-bond donors (Lipinski definition) is 2. The van der Waals surface area contributed by atoms with Crippen LogP contribution in [0, 0.1) is 6.92 Å². The molecule has 4 aromatic carbocycles. The van der Waals surface area contributed by atoms with Crippen molar-refractivity contribution in [3.05, 3.63) is 186 Å². The molecule has 3 saturated heterocycles. The fourth-order valence-electron chi connectivity index (χ4n) is 9.91. The van der Waals surface area contributed by atoms with Crippen molar-refractivity contribution in [3.63, 3.8) is 0 Å². The third-order valence-electron chi connectivity index (χ3n) is 14.4. The monoisotopic (exact) mass is 1400 g/mol. The number of β-lactam (4-membered cyclic amide) rings is 1. The Morgan fingerprint density at radius 3 is 2.19 bits per heavy atom. The number of thioether (sulfide) groups is 2. The zero-order chi connectivity index (χ0) is 63.5. The molecule has 32 heteroatoms.